The van der Waals surface area contributed by atoms with Gasteiger partial charge in [-0.25, -0.2) is 34.3 Å². The van der Waals surface area contributed by atoms with Crippen LogP contribution >= 0.6 is 95.8 Å². The number of nitrogens with zero attached hydrogens (tertiary/aromatic N) is 17. The van der Waals surface area contributed by atoms with Crippen molar-refractivity contribution < 1.29 is 43.6 Å². The Morgan fingerprint density at radius 1 is 0.552 bits per heavy atom. The fourth-order valence-electron chi connectivity index (χ4n) is 16.8. The van der Waals surface area contributed by atoms with Crippen LogP contribution in [-0.4, -0.2) is 180 Å². The molecule has 0 radical (unpaired) electrons. The number of imidazole rings is 1. The third-order valence-electron chi connectivity index (χ3n) is 23.5. The van der Waals surface area contributed by atoms with E-state index in [0.717, 1.165) is 152 Å². The molecule has 2 aliphatic heterocycles. The number of halogens is 4. The first-order valence-electron chi connectivity index (χ1n) is 45.4. The smallest absolute Gasteiger partial charge is 0.222 e. The van der Waals surface area contributed by atoms with Crippen LogP contribution in [0.15, 0.2) is 306 Å². The standard InChI is InChI=1S/C25H25ClN6O2S.C24H23ClN4OS.C20H16FN3O2S.C20H14N6OS.C17H12BrN3O2S/c1-15(34)30-22-11-17(8-9-27-22)21-12-20(24(35-21)25-28-14-29-31-25)23(16-4-6-18(26)7-5-16)32-10-2-3-19(32)13-33;1-15(30)12-19-13-17(8-9-26-19)21-14-20(23(31-21)24-27-10-11-28-24)22(29(2)3)16-4-6-18(25)7-5-16;1-26-13-2-3-14(16(21)10-13)19(25)15-11-18(12-4-7-22-8-5-12)27-20(15)17-6-9-23-24-17;27-18(16-10-22-14-3-1-2-4-15(14)25-16)13-9-17(12-5-7-21-8-6-12)28-19(13)20-23-11-24-26-20;18-14-7-6-12(23-14)15(22)11-8-13(10-4-2-1-3-5-10)24-16(11)17-19-9-20-21-17/h4-9,11-12,14,19,23,33H,2-3,10,13H2,1H3,(H,27,30,34)(H,28,29,31);4-11,13-14,22H,12H2,1-3H3,(H,27,28);2-5,7-11,19,25H,6H2,1H3;1-11,18,27H,(H,23,24,26);1-9,15,22H,(H,19,20,21)/t;22-;;;/m.0.../s1. The molecule has 39 heteroatoms. The van der Waals surface area contributed by atoms with Crippen molar-refractivity contribution in [3.05, 3.63) is 374 Å². The number of benzene rings is 5. The summed E-state index contributed by atoms with van der Waals surface area (Å²) >= 11 is 23.5. The second-order valence-electron chi connectivity index (χ2n) is 33.4. The van der Waals surface area contributed by atoms with E-state index in [9.17, 15) is 34.4 Å². The highest BCUT2D eigenvalue weighted by Crippen LogP contribution is 2.50. The molecule has 17 heterocycles. The number of thiophene rings is 5. The van der Waals surface area contributed by atoms with Gasteiger partial charge < -0.3 is 39.9 Å². The van der Waals surface area contributed by atoms with Crippen LogP contribution in [0.4, 0.5) is 10.2 Å². The highest BCUT2D eigenvalue weighted by atomic mass is 79.9. The average Bonchev–Trinajstić information content (AvgIpc) is 1.62. The Hall–Kier alpha value is -14.5. The number of hydrogen-bond acceptors (Lipinski definition) is 30. The minimum Gasteiger partial charge on any atom is -0.497 e. The summed E-state index contributed by atoms with van der Waals surface area (Å²) in [7, 11) is 5.61. The van der Waals surface area contributed by atoms with E-state index in [2.05, 4.69) is 165 Å². The zero-order chi connectivity index (χ0) is 101. The molecular weight excluding hydrogens is 2040 g/mol. The molecular formula is C106H90BrCl2FN22O8S5. The number of carbonyl (C=O) groups is 2. The summed E-state index contributed by atoms with van der Waals surface area (Å²) in [6, 6.07) is 67.0. The van der Waals surface area contributed by atoms with Crippen LogP contribution in [0, 0.1) is 5.82 Å². The minimum atomic E-state index is -1.12. The summed E-state index contributed by atoms with van der Waals surface area (Å²) in [6.45, 7) is 4.02. The molecule has 0 bridgehead atoms. The van der Waals surface area contributed by atoms with Gasteiger partial charge in [0.1, 0.15) is 72.0 Å². The van der Waals surface area contributed by atoms with E-state index < -0.39 is 24.1 Å². The van der Waals surface area contributed by atoms with Crippen molar-refractivity contribution in [2.75, 3.05) is 39.7 Å². The van der Waals surface area contributed by atoms with Gasteiger partial charge in [0.25, 0.3) is 0 Å². The molecule has 145 heavy (non-hydrogen) atoms. The first kappa shape index (κ1) is 101. The second-order valence-corrected chi connectivity index (χ2v) is 40.4. The number of Topliss-reactive ketones (excluding diaryl/α,β-unsaturated/α-hetero) is 1. The van der Waals surface area contributed by atoms with E-state index in [1.54, 1.807) is 121 Å². The number of fused-ring (bicyclic) bond motifs is 1. The molecule has 9 N–H and O–H groups in total. The molecule has 6 atom stereocenters. The third kappa shape index (κ3) is 23.9. The fraction of sp³-hybridized carbons (Fsp3) is 0.160. The topological polar surface area (TPSA) is 411 Å². The Balaban J connectivity index is 0.000000120. The van der Waals surface area contributed by atoms with Gasteiger partial charge in [0.2, 0.25) is 5.91 Å². The summed E-state index contributed by atoms with van der Waals surface area (Å²) in [6.07, 6.45) is 21.6. The van der Waals surface area contributed by atoms with Gasteiger partial charge in [-0.2, -0.15) is 25.5 Å². The summed E-state index contributed by atoms with van der Waals surface area (Å²) in [5.74, 6) is 3.54. The Morgan fingerprint density at radius 2 is 1.09 bits per heavy atom. The van der Waals surface area contributed by atoms with Crippen LogP contribution in [0.3, 0.4) is 0 Å². The number of pyridine rings is 4. The number of rotatable bonds is 27. The van der Waals surface area contributed by atoms with Gasteiger partial charge in [-0.1, -0.05) is 89.9 Å². The number of aromatic amines is 4. The molecule has 1 saturated heterocycles. The minimum absolute atomic E-state index is 0.0286. The first-order chi connectivity index (χ1) is 70.6. The lowest BCUT2D eigenvalue weighted by Gasteiger charge is -2.33. The highest BCUT2D eigenvalue weighted by Gasteiger charge is 2.37. The van der Waals surface area contributed by atoms with Gasteiger partial charge in [0, 0.05) is 150 Å². The molecule has 0 aliphatic carbocycles. The monoisotopic (exact) mass is 2130 g/mol. The molecule has 1 fully saturated rings. The van der Waals surface area contributed by atoms with Crippen LogP contribution in [-0.2, 0) is 16.0 Å². The number of aromatic nitrogens is 17. The Morgan fingerprint density at radius 3 is 1.63 bits per heavy atom. The number of furan rings is 1. The number of aliphatic hydroxyl groups is 4. The molecule has 15 aromatic heterocycles. The second kappa shape index (κ2) is 46.9. The molecule has 2 aliphatic rings. The van der Waals surface area contributed by atoms with E-state index in [-0.39, 0.29) is 42.0 Å². The lowest BCUT2D eigenvalue weighted by Crippen LogP contribution is -2.36. The fourth-order valence-corrected chi connectivity index (χ4v) is 23.2. The van der Waals surface area contributed by atoms with E-state index in [1.165, 1.54) is 61.8 Å². The zero-order valence-electron chi connectivity index (χ0n) is 78.0. The Labute approximate surface area is 868 Å². The summed E-state index contributed by atoms with van der Waals surface area (Å²) in [5.41, 5.74) is 15.3. The maximum absolute atomic E-state index is 14.5. The van der Waals surface area contributed by atoms with Crippen molar-refractivity contribution in [1.29, 1.82) is 0 Å². The number of nitrogens with one attached hydrogen (secondary N) is 5. The molecule has 0 saturated carbocycles. The normalized spacial score (nSPS) is 13.8. The molecule has 5 aromatic carbocycles. The number of ether oxygens (including phenoxy) is 1. The largest absolute Gasteiger partial charge is 0.497 e. The maximum Gasteiger partial charge on any atom is 0.222 e. The number of ketones is 1. The van der Waals surface area contributed by atoms with Crippen molar-refractivity contribution in [3.63, 3.8) is 0 Å². The quantitative estimate of drug-likeness (QED) is 0.0231. The van der Waals surface area contributed by atoms with Crippen molar-refractivity contribution in [2.24, 2.45) is 10.2 Å². The van der Waals surface area contributed by atoms with Crippen molar-refractivity contribution in [2.45, 2.75) is 76.0 Å². The number of carbonyl (C=O) groups excluding carboxylic acids is 2. The number of aliphatic hydroxyl groups excluding tert-OH is 4. The number of hydrogen-bond donors (Lipinski definition) is 9. The van der Waals surface area contributed by atoms with Crippen LogP contribution < -0.4 is 10.1 Å². The first-order valence-corrected chi connectivity index (χ1v) is 51.0. The number of anilines is 1. The van der Waals surface area contributed by atoms with Crippen molar-refractivity contribution >= 4 is 136 Å². The van der Waals surface area contributed by atoms with E-state index in [0.29, 0.717) is 79.2 Å². The van der Waals surface area contributed by atoms with Crippen LogP contribution in [0.1, 0.15) is 130 Å². The lowest BCUT2D eigenvalue weighted by molar-refractivity contribution is -0.116. The number of methoxy groups -OCH3 is 1. The molecule has 20 aromatic rings. The molecule has 22 rings (SSSR count). The molecule has 1 amide bonds. The molecule has 730 valence electrons. The number of H-pyrrole nitrogens is 4. The number of para-hydroxylation sites is 2. The van der Waals surface area contributed by atoms with Crippen molar-refractivity contribution in [3.8, 4) is 101 Å². The zero-order valence-corrected chi connectivity index (χ0v) is 85.2. The van der Waals surface area contributed by atoms with Crippen LogP contribution in [0.5, 0.6) is 5.75 Å². The van der Waals surface area contributed by atoms with Gasteiger partial charge >= 0.3 is 0 Å². The SMILES string of the molecule is CC(=O)Cc1cc(-c2cc([C@H](c3ccc(Cl)cc3)N(C)C)c(-c3ncc[nH]3)s2)ccn1.CC(=O)Nc1cc(-c2cc(C(c3ccc(Cl)cc3)N3CCCC3CO)c(-c3ncn[nH]3)s2)ccn1.COc1ccc(C(O)c2cc(-c3ccncc3)sc2C2=NN=CC2)c(F)c1.OC(c1ccc(Br)o1)c1cc(-c2ccccc2)sc1-c1ncn[nH]1.OC(c1cnc2ccccc2n1)c1cc(-c2ccncc2)sc1-c1ncn[nH]1. The summed E-state index contributed by atoms with van der Waals surface area (Å²) in [5, 5.41) is 75.9. The summed E-state index contributed by atoms with van der Waals surface area (Å²) < 4.78 is 25.6. The average molecular weight is 2130 g/mol. The Kier molecular flexibility index (Phi) is 32.5. The van der Waals surface area contributed by atoms with E-state index in [4.69, 9.17) is 32.4 Å². The highest BCUT2D eigenvalue weighted by molar-refractivity contribution is 9.10. The predicted molar refractivity (Wildman–Crippen MR) is 570 cm³/mol. The Bertz CT molecular complexity index is 7830. The molecule has 5 unspecified atom stereocenters. The summed E-state index contributed by atoms with van der Waals surface area (Å²) in [4.78, 5) is 83.7. The van der Waals surface area contributed by atoms with E-state index in [1.807, 2.05) is 164 Å². The number of amides is 1. The van der Waals surface area contributed by atoms with Crippen molar-refractivity contribution in [1.82, 2.24) is 95.2 Å². The van der Waals surface area contributed by atoms with Crippen LogP contribution in [0.25, 0.3) is 106 Å². The maximum atomic E-state index is 14.5. The predicted octanol–water partition coefficient (Wildman–Crippen LogP) is 22.9. The van der Waals surface area contributed by atoms with Crippen LogP contribution in [0.2, 0.25) is 10.0 Å². The van der Waals surface area contributed by atoms with Gasteiger partial charge in [-0.3, -0.25) is 54.6 Å². The third-order valence-corrected chi connectivity index (χ3v) is 30.5. The lowest BCUT2D eigenvalue weighted by atomic mass is 9.95. The van der Waals surface area contributed by atoms with Gasteiger partial charge in [-0.15, -0.1) is 56.7 Å². The van der Waals surface area contributed by atoms with Gasteiger partial charge in [0.05, 0.1) is 78.8 Å². The molecule has 0 spiro atoms. The van der Waals surface area contributed by atoms with Gasteiger partial charge in [-0.05, 0) is 246 Å². The van der Waals surface area contributed by atoms with E-state index >= 15 is 0 Å². The molecule has 30 nitrogen and oxygen atoms in total. The van der Waals surface area contributed by atoms with Gasteiger partial charge in [0.15, 0.2) is 22.1 Å². The number of likely N-dealkylation sites (tertiary alicyclic amines) is 1.